The molecule has 0 spiro atoms. The first-order chi connectivity index (χ1) is 8.31. The van der Waals surface area contributed by atoms with Crippen molar-refractivity contribution in [2.75, 3.05) is 19.5 Å². The highest BCUT2D eigenvalue weighted by atomic mass is 16.5. The molecule has 0 saturated heterocycles. The summed E-state index contributed by atoms with van der Waals surface area (Å²) in [6.45, 7) is 0. The zero-order chi connectivity index (χ0) is 12.1. The third kappa shape index (κ3) is 2.91. The summed E-state index contributed by atoms with van der Waals surface area (Å²) in [7, 11) is 3.32. The Kier molecular flexibility index (Phi) is 3.50. The number of ether oxygens (including phenoxy) is 2. The van der Waals surface area contributed by atoms with E-state index in [9.17, 15) is 0 Å². The van der Waals surface area contributed by atoms with Gasteiger partial charge in [-0.1, -0.05) is 6.07 Å². The van der Waals surface area contributed by atoms with E-state index < -0.39 is 0 Å². The van der Waals surface area contributed by atoms with Crippen LogP contribution in [0.5, 0.6) is 11.5 Å². The van der Waals surface area contributed by atoms with Crippen LogP contribution < -0.4 is 14.8 Å². The van der Waals surface area contributed by atoms with Gasteiger partial charge in [0.05, 0.1) is 14.2 Å². The maximum absolute atomic E-state index is 5.17. The molecule has 0 heterocycles. The van der Waals surface area contributed by atoms with Crippen LogP contribution in [0.4, 0.5) is 11.4 Å². The molecule has 0 fully saturated rings. The minimum absolute atomic E-state index is 0.837. The minimum Gasteiger partial charge on any atom is -0.497 e. The van der Waals surface area contributed by atoms with Crippen LogP contribution in [0.25, 0.3) is 0 Å². The van der Waals surface area contributed by atoms with E-state index in [2.05, 4.69) is 5.32 Å². The molecule has 0 aliphatic rings. The van der Waals surface area contributed by atoms with Gasteiger partial charge in [-0.2, -0.15) is 0 Å². The van der Waals surface area contributed by atoms with E-state index >= 15 is 0 Å². The van der Waals surface area contributed by atoms with Gasteiger partial charge >= 0.3 is 0 Å². The molecule has 2 aromatic carbocycles. The lowest BCUT2D eigenvalue weighted by Gasteiger charge is -2.08. The fourth-order valence-electron chi connectivity index (χ4n) is 1.54. The second-order valence-electron chi connectivity index (χ2n) is 3.59. The average Bonchev–Trinajstić information content (AvgIpc) is 2.40. The zero-order valence-corrected chi connectivity index (χ0v) is 9.94. The van der Waals surface area contributed by atoms with Crippen molar-refractivity contribution in [3.63, 3.8) is 0 Å². The van der Waals surface area contributed by atoms with Crippen molar-refractivity contribution in [1.82, 2.24) is 0 Å². The second kappa shape index (κ2) is 5.25. The Morgan fingerprint density at radius 2 is 1.47 bits per heavy atom. The number of rotatable bonds is 4. The summed E-state index contributed by atoms with van der Waals surface area (Å²) in [6.07, 6.45) is 0. The molecule has 0 aliphatic carbocycles. The van der Waals surface area contributed by atoms with Gasteiger partial charge < -0.3 is 14.8 Å². The predicted molar refractivity (Wildman–Crippen MR) is 69.3 cm³/mol. The van der Waals surface area contributed by atoms with E-state index in [0.717, 1.165) is 22.9 Å². The summed E-state index contributed by atoms with van der Waals surface area (Å²) >= 11 is 0. The lowest BCUT2D eigenvalue weighted by molar-refractivity contribution is 0.414. The molecule has 17 heavy (non-hydrogen) atoms. The Balaban J connectivity index is 2.13. The fourth-order valence-corrected chi connectivity index (χ4v) is 1.54. The first-order valence-electron chi connectivity index (χ1n) is 5.37. The van der Waals surface area contributed by atoms with Crippen LogP contribution >= 0.6 is 0 Å². The van der Waals surface area contributed by atoms with E-state index in [1.165, 1.54) is 0 Å². The molecule has 3 nitrogen and oxygen atoms in total. The van der Waals surface area contributed by atoms with Gasteiger partial charge in [0.1, 0.15) is 11.5 Å². The molecule has 3 heteroatoms. The molecule has 0 amide bonds. The molecule has 0 bridgehead atoms. The van der Waals surface area contributed by atoms with Gasteiger partial charge in [0.15, 0.2) is 0 Å². The van der Waals surface area contributed by atoms with Crippen molar-refractivity contribution in [3.05, 3.63) is 48.5 Å². The fraction of sp³-hybridized carbons (Fsp3) is 0.143. The number of nitrogens with one attached hydrogen (secondary N) is 1. The predicted octanol–water partition coefficient (Wildman–Crippen LogP) is 3.45. The van der Waals surface area contributed by atoms with Gasteiger partial charge in [-0.25, -0.2) is 0 Å². The second-order valence-corrected chi connectivity index (χ2v) is 3.59. The molecule has 0 saturated carbocycles. The summed E-state index contributed by atoms with van der Waals surface area (Å²) in [5, 5.41) is 3.29. The molecule has 0 atom stereocenters. The van der Waals surface area contributed by atoms with Crippen molar-refractivity contribution in [1.29, 1.82) is 0 Å². The van der Waals surface area contributed by atoms with Crippen LogP contribution in [-0.4, -0.2) is 14.2 Å². The lowest BCUT2D eigenvalue weighted by atomic mass is 10.2. The van der Waals surface area contributed by atoms with E-state index in [1.807, 2.05) is 48.5 Å². The first kappa shape index (κ1) is 11.3. The topological polar surface area (TPSA) is 30.5 Å². The third-order valence-corrected chi connectivity index (χ3v) is 2.45. The Bertz CT molecular complexity index is 480. The van der Waals surface area contributed by atoms with Crippen LogP contribution in [0.3, 0.4) is 0 Å². The van der Waals surface area contributed by atoms with E-state index in [4.69, 9.17) is 9.47 Å². The highest BCUT2D eigenvalue weighted by Crippen LogP contribution is 2.22. The molecule has 1 N–H and O–H groups in total. The van der Waals surface area contributed by atoms with Crippen molar-refractivity contribution < 1.29 is 9.47 Å². The maximum atomic E-state index is 5.17. The minimum atomic E-state index is 0.837. The molecule has 0 unspecified atom stereocenters. The molecule has 2 rings (SSSR count). The molecule has 0 radical (unpaired) electrons. The highest BCUT2D eigenvalue weighted by Gasteiger charge is 1.97. The van der Waals surface area contributed by atoms with Gasteiger partial charge in [0, 0.05) is 17.4 Å². The Morgan fingerprint density at radius 1 is 0.765 bits per heavy atom. The Morgan fingerprint density at radius 3 is 2.12 bits per heavy atom. The Labute approximate surface area is 101 Å². The summed E-state index contributed by atoms with van der Waals surface area (Å²) < 4.78 is 10.3. The maximum Gasteiger partial charge on any atom is 0.120 e. The lowest BCUT2D eigenvalue weighted by Crippen LogP contribution is -1.91. The normalized spacial score (nSPS) is 9.76. The van der Waals surface area contributed by atoms with Crippen molar-refractivity contribution in [2.45, 2.75) is 0 Å². The molecule has 0 aromatic heterocycles. The van der Waals surface area contributed by atoms with Crippen LogP contribution in [0, 0.1) is 0 Å². The van der Waals surface area contributed by atoms with Crippen LogP contribution in [0.2, 0.25) is 0 Å². The van der Waals surface area contributed by atoms with Crippen molar-refractivity contribution in [3.8, 4) is 11.5 Å². The van der Waals surface area contributed by atoms with Crippen LogP contribution in [0.1, 0.15) is 0 Å². The SMILES string of the molecule is COc1ccc(Nc2cccc(OC)c2)cc1. The quantitative estimate of drug-likeness (QED) is 0.871. The number of benzene rings is 2. The summed E-state index contributed by atoms with van der Waals surface area (Å²) in [6, 6.07) is 15.6. The van der Waals surface area contributed by atoms with Crippen LogP contribution in [-0.2, 0) is 0 Å². The number of hydrogen-bond acceptors (Lipinski definition) is 3. The number of methoxy groups -OCH3 is 2. The number of hydrogen-bond donors (Lipinski definition) is 1. The van der Waals surface area contributed by atoms with Gasteiger partial charge in [0.25, 0.3) is 0 Å². The average molecular weight is 229 g/mol. The Hall–Kier alpha value is -2.16. The van der Waals surface area contributed by atoms with Crippen LogP contribution in [0.15, 0.2) is 48.5 Å². The summed E-state index contributed by atoms with van der Waals surface area (Å²) in [4.78, 5) is 0. The van der Waals surface area contributed by atoms with Gasteiger partial charge in [-0.3, -0.25) is 0 Å². The molecule has 2 aromatic rings. The monoisotopic (exact) mass is 229 g/mol. The largest absolute Gasteiger partial charge is 0.497 e. The summed E-state index contributed by atoms with van der Waals surface area (Å²) in [5.41, 5.74) is 2.01. The van der Waals surface area contributed by atoms with E-state index in [1.54, 1.807) is 14.2 Å². The van der Waals surface area contributed by atoms with E-state index in [0.29, 0.717) is 0 Å². The highest BCUT2D eigenvalue weighted by molar-refractivity contribution is 5.61. The smallest absolute Gasteiger partial charge is 0.120 e. The zero-order valence-electron chi connectivity index (χ0n) is 9.94. The van der Waals surface area contributed by atoms with Crippen molar-refractivity contribution >= 4 is 11.4 Å². The molecular formula is C14H15NO2. The van der Waals surface area contributed by atoms with Gasteiger partial charge in [-0.05, 0) is 36.4 Å². The molecular weight excluding hydrogens is 214 g/mol. The first-order valence-corrected chi connectivity index (χ1v) is 5.37. The summed E-state index contributed by atoms with van der Waals surface area (Å²) in [5.74, 6) is 1.68. The van der Waals surface area contributed by atoms with E-state index in [-0.39, 0.29) is 0 Å². The van der Waals surface area contributed by atoms with Gasteiger partial charge in [-0.15, -0.1) is 0 Å². The molecule has 0 aliphatic heterocycles. The molecule has 88 valence electrons. The van der Waals surface area contributed by atoms with Crippen molar-refractivity contribution in [2.24, 2.45) is 0 Å². The standard InChI is InChI=1S/C14H15NO2/c1-16-13-8-6-11(7-9-13)15-12-4-3-5-14(10-12)17-2/h3-10,15H,1-2H3. The number of anilines is 2. The third-order valence-electron chi connectivity index (χ3n) is 2.45. The van der Waals surface area contributed by atoms with Gasteiger partial charge in [0.2, 0.25) is 0 Å².